The Morgan fingerprint density at radius 2 is 2.60 bits per heavy atom. The van der Waals surface area contributed by atoms with Gasteiger partial charge in [-0.15, -0.1) is 0 Å². The van der Waals surface area contributed by atoms with Gasteiger partial charge in [-0.05, 0) is 0 Å². The fraction of sp³-hybridized carbons (Fsp3) is 0.500. The number of rotatable bonds is 4. The Morgan fingerprint density at radius 1 is 1.90 bits per heavy atom. The van der Waals surface area contributed by atoms with Gasteiger partial charge < -0.3 is 0 Å². The van der Waals surface area contributed by atoms with Gasteiger partial charge in [0.2, 0.25) is 0 Å². The first-order chi connectivity index (χ1) is 4.81. The zero-order valence-electron chi connectivity index (χ0n) is 5.50. The minimum Gasteiger partial charge on any atom is -0.289 e. The van der Waals surface area contributed by atoms with E-state index in [-0.39, 0.29) is 6.61 Å². The van der Waals surface area contributed by atoms with E-state index in [9.17, 15) is 4.79 Å². The van der Waals surface area contributed by atoms with Gasteiger partial charge in [0.15, 0.2) is 6.61 Å². The summed E-state index contributed by atoms with van der Waals surface area (Å²) in [5, 5.41) is 7.95. The Kier molecular flexibility index (Phi) is 5.30. The highest BCUT2D eigenvalue weighted by Gasteiger charge is 1.95. The molecule has 0 aromatic rings. The maximum absolute atomic E-state index is 10.2. The van der Waals surface area contributed by atoms with Gasteiger partial charge in [-0.3, -0.25) is 25.3 Å². The lowest BCUT2D eigenvalue weighted by atomic mass is 10.7. The Morgan fingerprint density at radius 3 is 3.10 bits per heavy atom. The quantitative estimate of drug-likeness (QED) is 0.151. The molecule has 10 heavy (non-hydrogen) atoms. The molecule has 0 fully saturated rings. The average molecular weight is 147 g/mol. The molecule has 6 nitrogen and oxygen atoms in total. The molecule has 0 aliphatic rings. The lowest BCUT2D eigenvalue weighted by Gasteiger charge is -1.98. The molecule has 0 radical (unpaired) electrons. The van der Waals surface area contributed by atoms with Crippen molar-refractivity contribution < 1.29 is 14.8 Å². The van der Waals surface area contributed by atoms with E-state index in [0.29, 0.717) is 0 Å². The van der Waals surface area contributed by atoms with Crippen molar-refractivity contribution in [2.24, 2.45) is 4.99 Å². The lowest BCUT2D eigenvalue weighted by molar-refractivity contribution is -0.135. The molecular weight excluding hydrogens is 138 g/mol. The monoisotopic (exact) mass is 147 g/mol. The van der Waals surface area contributed by atoms with Gasteiger partial charge >= 0.3 is 0 Å². The Balaban J connectivity index is 3.11. The first-order valence-electron chi connectivity index (χ1n) is 2.52. The Bertz CT molecular complexity index is 125. The van der Waals surface area contributed by atoms with E-state index < -0.39 is 5.91 Å². The predicted octanol–water partition coefficient (Wildman–Crippen LogP) is -1.33. The van der Waals surface area contributed by atoms with E-state index in [1.165, 1.54) is 11.8 Å². The number of carbonyl (C=O) groups is 1. The van der Waals surface area contributed by atoms with Crippen LogP contribution >= 0.6 is 0 Å². The molecule has 0 atom stereocenters. The van der Waals surface area contributed by atoms with Gasteiger partial charge in [0.25, 0.3) is 5.91 Å². The number of nitrogens with one attached hydrogen (secondary N) is 2. The van der Waals surface area contributed by atoms with E-state index in [1.54, 1.807) is 7.05 Å². The van der Waals surface area contributed by atoms with E-state index >= 15 is 0 Å². The van der Waals surface area contributed by atoms with Gasteiger partial charge in [-0.25, -0.2) is 5.48 Å². The molecule has 0 heterocycles. The maximum atomic E-state index is 10.2. The van der Waals surface area contributed by atoms with Crippen LogP contribution in [0, 0.1) is 0 Å². The summed E-state index contributed by atoms with van der Waals surface area (Å²) >= 11 is 0. The summed E-state index contributed by atoms with van der Waals surface area (Å²) in [6.07, 6.45) is 1.27. The number of amides is 1. The molecule has 0 aliphatic heterocycles. The molecule has 0 bridgehead atoms. The smallest absolute Gasteiger partial charge is 0.272 e. The van der Waals surface area contributed by atoms with E-state index in [2.05, 4.69) is 15.3 Å². The number of aliphatic imine (C=N–C) groups is 1. The van der Waals surface area contributed by atoms with Crippen LogP contribution in [0.1, 0.15) is 0 Å². The van der Waals surface area contributed by atoms with Crippen LogP contribution in [-0.2, 0) is 9.63 Å². The topological polar surface area (TPSA) is 83.0 Å². The van der Waals surface area contributed by atoms with E-state index in [1.807, 2.05) is 0 Å². The van der Waals surface area contributed by atoms with E-state index in [0.717, 1.165) is 0 Å². The molecule has 0 aliphatic carbocycles. The molecule has 0 spiro atoms. The van der Waals surface area contributed by atoms with Crippen molar-refractivity contribution in [1.29, 1.82) is 0 Å². The summed E-state index contributed by atoms with van der Waals surface area (Å²) in [7, 11) is 1.54. The standard InChI is InChI=1S/C4H9N3O3/c1-5-3-6-10-2-4(8)7-9/h3,9H,2H2,1H3,(H,5,6)(H,7,8). The summed E-state index contributed by atoms with van der Waals surface area (Å²) in [6.45, 7) is -0.261. The minimum atomic E-state index is -0.628. The number of carbonyl (C=O) groups excluding carboxylic acids is 1. The highest BCUT2D eigenvalue weighted by molar-refractivity contribution is 5.75. The molecule has 58 valence electrons. The molecule has 1 amide bonds. The third-order valence-electron chi connectivity index (χ3n) is 0.593. The number of nitrogens with zero attached hydrogens (tertiary/aromatic N) is 1. The molecule has 0 saturated carbocycles. The second-order valence-electron chi connectivity index (χ2n) is 1.33. The van der Waals surface area contributed by atoms with Gasteiger partial charge in [0, 0.05) is 7.05 Å². The van der Waals surface area contributed by atoms with Crippen LogP contribution in [-0.4, -0.2) is 31.1 Å². The fourth-order valence-electron chi connectivity index (χ4n) is 0.229. The maximum Gasteiger partial charge on any atom is 0.272 e. The molecule has 0 unspecified atom stereocenters. The van der Waals surface area contributed by atoms with Gasteiger partial charge in [-0.2, -0.15) is 0 Å². The number of hydroxylamine groups is 2. The largest absolute Gasteiger partial charge is 0.289 e. The van der Waals surface area contributed by atoms with Crippen molar-refractivity contribution >= 4 is 12.2 Å². The number of hydrogen-bond donors (Lipinski definition) is 3. The van der Waals surface area contributed by atoms with E-state index in [4.69, 9.17) is 5.21 Å². The molecule has 3 N–H and O–H groups in total. The normalized spacial score (nSPS) is 9.80. The van der Waals surface area contributed by atoms with Crippen molar-refractivity contribution in [3.8, 4) is 0 Å². The van der Waals surface area contributed by atoms with Gasteiger partial charge in [0.1, 0.15) is 6.34 Å². The van der Waals surface area contributed by atoms with Gasteiger partial charge in [0.05, 0.1) is 0 Å². The second kappa shape index (κ2) is 5.99. The third kappa shape index (κ3) is 5.01. The number of hydrogen-bond acceptors (Lipinski definition) is 4. The molecule has 0 aromatic heterocycles. The lowest BCUT2D eigenvalue weighted by Crippen LogP contribution is -2.27. The molecule has 6 heteroatoms. The van der Waals surface area contributed by atoms with Crippen molar-refractivity contribution in [3.05, 3.63) is 0 Å². The SMILES string of the molecule is CN=CNOCC(=O)NO. The van der Waals surface area contributed by atoms with Crippen molar-refractivity contribution in [1.82, 2.24) is 11.0 Å². The van der Waals surface area contributed by atoms with Crippen molar-refractivity contribution in [2.45, 2.75) is 0 Å². The molecule has 0 saturated heterocycles. The zero-order valence-corrected chi connectivity index (χ0v) is 5.50. The Labute approximate surface area is 57.8 Å². The highest BCUT2D eigenvalue weighted by atomic mass is 16.6. The summed E-state index contributed by atoms with van der Waals surface area (Å²) < 4.78 is 0. The van der Waals surface area contributed by atoms with Crippen molar-refractivity contribution in [2.75, 3.05) is 13.7 Å². The van der Waals surface area contributed by atoms with Crippen molar-refractivity contribution in [3.63, 3.8) is 0 Å². The van der Waals surface area contributed by atoms with Crippen LogP contribution in [0.25, 0.3) is 0 Å². The van der Waals surface area contributed by atoms with Crippen LogP contribution in [0.15, 0.2) is 4.99 Å². The molecular formula is C4H9N3O3. The first kappa shape index (κ1) is 8.86. The summed E-state index contributed by atoms with van der Waals surface area (Å²) in [5.74, 6) is -0.628. The fourth-order valence-corrected chi connectivity index (χ4v) is 0.229. The van der Waals surface area contributed by atoms with Crippen LogP contribution in [0.4, 0.5) is 0 Å². The van der Waals surface area contributed by atoms with Crippen LogP contribution < -0.4 is 11.0 Å². The third-order valence-corrected chi connectivity index (χ3v) is 0.593. The first-order valence-corrected chi connectivity index (χ1v) is 2.52. The summed E-state index contributed by atoms with van der Waals surface area (Å²) in [5.41, 5.74) is 3.63. The summed E-state index contributed by atoms with van der Waals surface area (Å²) in [4.78, 5) is 18.2. The van der Waals surface area contributed by atoms with Crippen LogP contribution in [0.5, 0.6) is 0 Å². The predicted molar refractivity (Wildman–Crippen MR) is 33.4 cm³/mol. The Hall–Kier alpha value is -1.14. The summed E-state index contributed by atoms with van der Waals surface area (Å²) in [6, 6.07) is 0. The minimum absolute atomic E-state index is 0.261. The van der Waals surface area contributed by atoms with Crippen LogP contribution in [0.2, 0.25) is 0 Å². The van der Waals surface area contributed by atoms with Gasteiger partial charge in [-0.1, -0.05) is 0 Å². The van der Waals surface area contributed by atoms with Crippen LogP contribution in [0.3, 0.4) is 0 Å². The zero-order chi connectivity index (χ0) is 7.82. The molecule has 0 rings (SSSR count). The molecule has 0 aromatic carbocycles. The highest BCUT2D eigenvalue weighted by Crippen LogP contribution is 1.64. The second-order valence-corrected chi connectivity index (χ2v) is 1.33. The average Bonchev–Trinajstić information content (AvgIpc) is 1.98.